The van der Waals surface area contributed by atoms with E-state index in [-0.39, 0.29) is 0 Å². The average Bonchev–Trinajstić information content (AvgIpc) is 3.62. The van der Waals surface area contributed by atoms with Crippen LogP contribution in [-0.4, -0.2) is 40.3 Å². The van der Waals surface area contributed by atoms with Crippen molar-refractivity contribution in [1.29, 1.82) is 0 Å². The van der Waals surface area contributed by atoms with E-state index in [0.29, 0.717) is 63.5 Å². The van der Waals surface area contributed by atoms with Gasteiger partial charge in [-0.05, 0) is 76.5 Å². The summed E-state index contributed by atoms with van der Waals surface area (Å²) in [5.74, 6) is -4.03. The highest BCUT2D eigenvalue weighted by Crippen LogP contribution is 2.43. The molecule has 0 atom stereocenters. The van der Waals surface area contributed by atoms with Crippen molar-refractivity contribution in [3.05, 3.63) is 0 Å². The number of hydrogen-bond acceptors (Lipinski definition) is 12. The van der Waals surface area contributed by atoms with Crippen LogP contribution in [0.25, 0.3) is 0 Å². The second-order valence-corrected chi connectivity index (χ2v) is 21.3. The molecule has 6 fully saturated rings. The third-order valence-electron chi connectivity index (χ3n) is 10.7. The van der Waals surface area contributed by atoms with Crippen molar-refractivity contribution in [3.63, 3.8) is 0 Å². The van der Waals surface area contributed by atoms with Gasteiger partial charge in [0.1, 0.15) is 0 Å². The lowest BCUT2D eigenvalue weighted by Crippen LogP contribution is -2.48. The van der Waals surface area contributed by atoms with Crippen LogP contribution in [0.15, 0.2) is 0 Å². The SMILES string of the molecule is C[Si]1(CC[Si]2(C)OOC3(CCCCCC3)OOC3(CCCCCC3)OO2)OOC2(CCCCCC2)OOC2(CCCCCC2)OO1. The van der Waals surface area contributed by atoms with Crippen LogP contribution in [0, 0.1) is 0 Å². The molecule has 46 heavy (non-hydrogen) atoms. The van der Waals surface area contributed by atoms with Crippen LogP contribution in [0.3, 0.4) is 0 Å². The molecule has 4 saturated carbocycles. The quantitative estimate of drug-likeness (QED) is 0.208. The van der Waals surface area contributed by atoms with E-state index < -0.39 is 40.3 Å². The Hall–Kier alpha value is -0.0462. The summed E-state index contributed by atoms with van der Waals surface area (Å²) in [7, 11) is -6.38. The molecule has 6 aliphatic rings. The van der Waals surface area contributed by atoms with Gasteiger partial charge in [0.15, 0.2) is 0 Å². The summed E-state index contributed by atoms with van der Waals surface area (Å²) >= 11 is 0. The lowest BCUT2D eigenvalue weighted by molar-refractivity contribution is -0.551. The van der Waals surface area contributed by atoms with Gasteiger partial charge in [0, 0.05) is 51.4 Å². The Morgan fingerprint density at radius 3 is 0.696 bits per heavy atom. The molecule has 0 aromatic heterocycles. The normalized spacial score (nSPS) is 36.1. The van der Waals surface area contributed by atoms with Gasteiger partial charge in [0.25, 0.3) is 0 Å². The summed E-state index contributed by atoms with van der Waals surface area (Å²) in [6.07, 6.45) is 22.1. The van der Waals surface area contributed by atoms with E-state index in [9.17, 15) is 0 Å². The third kappa shape index (κ3) is 9.39. The smallest absolute Gasteiger partial charge is 0.246 e. The Morgan fingerprint density at radius 1 is 0.304 bits per heavy atom. The molecule has 0 radical (unpaired) electrons. The van der Waals surface area contributed by atoms with Gasteiger partial charge in [0.05, 0.1) is 0 Å². The van der Waals surface area contributed by atoms with Gasteiger partial charge in [-0.2, -0.15) is 19.6 Å². The predicted molar refractivity (Wildman–Crippen MR) is 168 cm³/mol. The summed E-state index contributed by atoms with van der Waals surface area (Å²) in [6, 6.07) is 0.882. The van der Waals surface area contributed by atoms with E-state index in [1.165, 1.54) is 0 Å². The highest BCUT2D eigenvalue weighted by molar-refractivity contribution is 6.71. The average molecular weight is 691 g/mol. The summed E-state index contributed by atoms with van der Waals surface area (Å²) in [6.45, 7) is 3.90. The molecule has 4 spiro atoms. The van der Waals surface area contributed by atoms with Gasteiger partial charge < -0.3 is 0 Å². The van der Waals surface area contributed by atoms with Crippen molar-refractivity contribution in [2.45, 2.75) is 202 Å². The van der Waals surface area contributed by atoms with Gasteiger partial charge in [0.2, 0.25) is 23.1 Å². The molecule has 266 valence electrons. The van der Waals surface area contributed by atoms with Crippen LogP contribution in [0.1, 0.15) is 154 Å². The Labute approximate surface area is 276 Å². The second-order valence-electron chi connectivity index (χ2n) is 15.1. The van der Waals surface area contributed by atoms with E-state index in [2.05, 4.69) is 0 Å². The van der Waals surface area contributed by atoms with Gasteiger partial charge in [-0.15, -0.1) is 0 Å². The molecule has 6 rings (SSSR count). The minimum absolute atomic E-state index is 0.441. The van der Waals surface area contributed by atoms with E-state index in [1.54, 1.807) is 0 Å². The monoisotopic (exact) mass is 690 g/mol. The maximum atomic E-state index is 6.30. The fourth-order valence-electron chi connectivity index (χ4n) is 7.40. The standard InChI is InChI=1S/C32H58O12Si2/c1-45(41-37-29(19-11-3-4-12-20-29)33-34-30(38-42-45)21-13-5-6-14-22-30)27-28-46(2)43-39-31(23-15-7-8-16-24-31)35-36-32(40-44-46)25-17-9-10-18-26-32/h3-28H2,1-2H3. The van der Waals surface area contributed by atoms with Crippen molar-refractivity contribution in [1.82, 2.24) is 0 Å². The zero-order chi connectivity index (χ0) is 31.9. The van der Waals surface area contributed by atoms with Crippen LogP contribution in [0.2, 0.25) is 25.2 Å². The fraction of sp³-hybridized carbons (Fsp3) is 1.00. The lowest BCUT2D eigenvalue weighted by atomic mass is 10.1. The maximum Gasteiger partial charge on any atom is 0.407 e. The number of rotatable bonds is 3. The van der Waals surface area contributed by atoms with Crippen LogP contribution < -0.4 is 0 Å². The molecule has 0 amide bonds. The molecule has 0 unspecified atom stereocenters. The van der Waals surface area contributed by atoms with Crippen molar-refractivity contribution in [2.24, 2.45) is 0 Å². The van der Waals surface area contributed by atoms with Gasteiger partial charge >= 0.3 is 17.1 Å². The Bertz CT molecular complexity index is 786. The Kier molecular flexibility index (Phi) is 12.3. The molecule has 0 bridgehead atoms. The molecular formula is C32H58O12Si2. The lowest BCUT2D eigenvalue weighted by Gasteiger charge is -2.34. The second kappa shape index (κ2) is 15.9. The Balaban J connectivity index is 1.21. The van der Waals surface area contributed by atoms with Crippen molar-refractivity contribution < 1.29 is 57.4 Å². The largest absolute Gasteiger partial charge is 0.407 e. The molecule has 4 aliphatic carbocycles. The maximum absolute atomic E-state index is 6.30. The molecule has 2 heterocycles. The zero-order valence-electron chi connectivity index (χ0n) is 28.3. The van der Waals surface area contributed by atoms with E-state index in [4.69, 9.17) is 57.4 Å². The third-order valence-corrected chi connectivity index (χ3v) is 15.2. The number of hydrogen-bond donors (Lipinski definition) is 0. The summed E-state index contributed by atoms with van der Waals surface area (Å²) in [5, 5.41) is 0. The molecular weight excluding hydrogens is 633 g/mol. The minimum Gasteiger partial charge on any atom is -0.246 e. The van der Waals surface area contributed by atoms with Crippen LogP contribution in [0.5, 0.6) is 0 Å². The van der Waals surface area contributed by atoms with Crippen molar-refractivity contribution >= 4 is 17.1 Å². The zero-order valence-corrected chi connectivity index (χ0v) is 30.3. The molecule has 12 nitrogen and oxygen atoms in total. The van der Waals surface area contributed by atoms with Crippen molar-refractivity contribution in [3.8, 4) is 0 Å². The summed E-state index contributed by atoms with van der Waals surface area (Å²) in [5.41, 5.74) is 0. The molecule has 14 heteroatoms. The Morgan fingerprint density at radius 2 is 0.500 bits per heavy atom. The summed E-state index contributed by atoms with van der Waals surface area (Å²) < 4.78 is 25.2. The molecule has 2 aliphatic heterocycles. The molecule has 0 aromatic rings. The van der Waals surface area contributed by atoms with Gasteiger partial charge in [-0.25, -0.2) is 37.9 Å². The van der Waals surface area contributed by atoms with Crippen LogP contribution in [-0.2, 0) is 57.4 Å². The van der Waals surface area contributed by atoms with E-state index in [1.807, 2.05) is 13.1 Å². The van der Waals surface area contributed by atoms with Crippen molar-refractivity contribution in [2.75, 3.05) is 0 Å². The van der Waals surface area contributed by atoms with Gasteiger partial charge in [-0.1, -0.05) is 51.4 Å². The highest BCUT2D eigenvalue weighted by atomic mass is 28.4. The first-order chi connectivity index (χ1) is 22.3. The molecule has 0 N–H and O–H groups in total. The summed E-state index contributed by atoms with van der Waals surface area (Å²) in [4.78, 5) is 49.7. The van der Waals surface area contributed by atoms with Crippen LogP contribution in [0.4, 0.5) is 0 Å². The van der Waals surface area contributed by atoms with Gasteiger partial charge in [-0.3, -0.25) is 0 Å². The molecule has 2 saturated heterocycles. The highest BCUT2D eigenvalue weighted by Gasteiger charge is 2.54. The first-order valence-corrected chi connectivity index (χ1v) is 23.5. The fourth-order valence-corrected chi connectivity index (χ4v) is 12.7. The minimum atomic E-state index is -3.19. The first-order valence-electron chi connectivity index (χ1n) is 18.5. The topological polar surface area (TPSA) is 111 Å². The first kappa shape index (κ1) is 35.8. The van der Waals surface area contributed by atoms with E-state index in [0.717, 1.165) is 103 Å². The molecule has 0 aromatic carbocycles. The van der Waals surface area contributed by atoms with E-state index >= 15 is 0 Å². The van der Waals surface area contributed by atoms with Crippen LogP contribution >= 0.6 is 0 Å². The predicted octanol–water partition coefficient (Wildman–Crippen LogP) is 9.05.